The Bertz CT molecular complexity index is 989. The number of esters is 1. The van der Waals surface area contributed by atoms with E-state index in [0.717, 1.165) is 43.3 Å². The Morgan fingerprint density at radius 3 is 2.25 bits per heavy atom. The standard InChI is InChI=1S/C17H15FN2O7S/c1-11(28(25,26)15-8-6-14(7-9-15)20(23)24)17(22)27-10-16(21)19-13-4-2-12(18)3-5-13/h2-9,11H,10H2,1H3,(H,19,21)/t11-/m1/s1. The number of rotatable bonds is 7. The molecule has 148 valence electrons. The molecule has 0 saturated carbocycles. The van der Waals surface area contributed by atoms with Crippen molar-refractivity contribution in [3.8, 4) is 0 Å². The van der Waals surface area contributed by atoms with Crippen LogP contribution in [-0.2, 0) is 24.2 Å². The summed E-state index contributed by atoms with van der Waals surface area (Å²) in [4.78, 5) is 33.4. The van der Waals surface area contributed by atoms with Gasteiger partial charge in [0.2, 0.25) is 0 Å². The summed E-state index contributed by atoms with van der Waals surface area (Å²) in [5, 5.41) is 11.3. The van der Waals surface area contributed by atoms with Gasteiger partial charge in [-0.05, 0) is 43.3 Å². The van der Waals surface area contributed by atoms with Crippen LogP contribution in [0.1, 0.15) is 6.92 Å². The summed E-state index contributed by atoms with van der Waals surface area (Å²) in [5.41, 5.74) is -0.0272. The fourth-order valence-electron chi connectivity index (χ4n) is 2.07. The van der Waals surface area contributed by atoms with Crippen molar-refractivity contribution in [2.75, 3.05) is 11.9 Å². The van der Waals surface area contributed by atoms with Gasteiger partial charge in [0, 0.05) is 17.8 Å². The molecule has 2 aromatic carbocycles. The number of nitrogens with one attached hydrogen (secondary N) is 1. The van der Waals surface area contributed by atoms with E-state index in [1.807, 2.05) is 0 Å². The van der Waals surface area contributed by atoms with Gasteiger partial charge in [0.1, 0.15) is 5.82 Å². The van der Waals surface area contributed by atoms with Gasteiger partial charge in [-0.15, -0.1) is 0 Å². The fraction of sp³-hybridized carbons (Fsp3) is 0.176. The second-order valence-electron chi connectivity index (χ2n) is 5.60. The molecule has 0 radical (unpaired) electrons. The van der Waals surface area contributed by atoms with E-state index in [-0.39, 0.29) is 16.3 Å². The van der Waals surface area contributed by atoms with Crippen LogP contribution in [0.2, 0.25) is 0 Å². The molecule has 0 heterocycles. The Morgan fingerprint density at radius 1 is 1.14 bits per heavy atom. The van der Waals surface area contributed by atoms with E-state index in [1.165, 1.54) is 12.1 Å². The molecule has 9 nitrogen and oxygen atoms in total. The van der Waals surface area contributed by atoms with E-state index in [0.29, 0.717) is 0 Å². The molecule has 0 aliphatic heterocycles. The van der Waals surface area contributed by atoms with Crippen LogP contribution < -0.4 is 5.32 Å². The average Bonchev–Trinajstić information content (AvgIpc) is 2.67. The van der Waals surface area contributed by atoms with Gasteiger partial charge in [-0.25, -0.2) is 12.8 Å². The highest BCUT2D eigenvalue weighted by Crippen LogP contribution is 2.20. The van der Waals surface area contributed by atoms with Crippen molar-refractivity contribution in [1.82, 2.24) is 0 Å². The number of carbonyl (C=O) groups is 2. The Morgan fingerprint density at radius 2 is 1.71 bits per heavy atom. The summed E-state index contributed by atoms with van der Waals surface area (Å²) in [5.74, 6) is -2.39. The summed E-state index contributed by atoms with van der Waals surface area (Å²) < 4.78 is 42.4. The number of non-ortho nitro benzene ring substituents is 1. The molecule has 0 aromatic heterocycles. The third kappa shape index (κ3) is 5.10. The number of carbonyl (C=O) groups excluding carboxylic acids is 2. The zero-order valence-corrected chi connectivity index (χ0v) is 15.3. The van der Waals surface area contributed by atoms with Crippen LogP contribution in [0.5, 0.6) is 0 Å². The van der Waals surface area contributed by atoms with Gasteiger partial charge in [-0.1, -0.05) is 0 Å². The van der Waals surface area contributed by atoms with E-state index in [2.05, 4.69) is 5.32 Å². The predicted molar refractivity (Wildman–Crippen MR) is 95.7 cm³/mol. The van der Waals surface area contributed by atoms with Crippen LogP contribution in [0, 0.1) is 15.9 Å². The zero-order valence-electron chi connectivity index (χ0n) is 14.5. The minimum absolute atomic E-state index is 0.272. The van der Waals surface area contributed by atoms with Gasteiger partial charge in [0.25, 0.3) is 11.6 Å². The van der Waals surface area contributed by atoms with Crippen LogP contribution in [0.4, 0.5) is 15.8 Å². The van der Waals surface area contributed by atoms with Gasteiger partial charge in [0.15, 0.2) is 21.7 Å². The molecule has 1 atom stereocenters. The first kappa shape index (κ1) is 21.0. The van der Waals surface area contributed by atoms with E-state index in [4.69, 9.17) is 4.74 Å². The van der Waals surface area contributed by atoms with Crippen molar-refractivity contribution in [3.63, 3.8) is 0 Å². The Labute approximate surface area is 159 Å². The Balaban J connectivity index is 1.97. The number of benzene rings is 2. The first-order chi connectivity index (χ1) is 13.1. The summed E-state index contributed by atoms with van der Waals surface area (Å²) in [6.45, 7) is 0.341. The lowest BCUT2D eigenvalue weighted by molar-refractivity contribution is -0.384. The van der Waals surface area contributed by atoms with Crippen LogP contribution in [0.15, 0.2) is 53.4 Å². The molecule has 0 saturated heterocycles. The van der Waals surface area contributed by atoms with E-state index in [9.17, 15) is 32.5 Å². The van der Waals surface area contributed by atoms with Crippen molar-refractivity contribution in [2.45, 2.75) is 17.1 Å². The Kier molecular flexibility index (Phi) is 6.41. The molecule has 0 spiro atoms. The van der Waals surface area contributed by atoms with Crippen LogP contribution in [0.3, 0.4) is 0 Å². The second-order valence-corrected chi connectivity index (χ2v) is 7.87. The average molecular weight is 410 g/mol. The summed E-state index contributed by atoms with van der Waals surface area (Å²) in [6, 6.07) is 8.88. The van der Waals surface area contributed by atoms with Crippen molar-refractivity contribution in [3.05, 3.63) is 64.5 Å². The minimum atomic E-state index is -4.16. The third-order valence-electron chi connectivity index (χ3n) is 3.65. The molecular formula is C17H15FN2O7S. The van der Waals surface area contributed by atoms with Gasteiger partial charge in [0.05, 0.1) is 9.82 Å². The molecule has 2 aromatic rings. The second kappa shape index (κ2) is 8.57. The molecule has 0 aliphatic carbocycles. The molecule has 0 aliphatic rings. The molecular weight excluding hydrogens is 395 g/mol. The fourth-order valence-corrected chi connectivity index (χ4v) is 3.32. The highest BCUT2D eigenvalue weighted by atomic mass is 32.2. The van der Waals surface area contributed by atoms with Gasteiger partial charge < -0.3 is 10.1 Å². The number of halogens is 1. The maximum absolute atomic E-state index is 12.8. The number of sulfone groups is 1. The van der Waals surface area contributed by atoms with Crippen molar-refractivity contribution in [1.29, 1.82) is 0 Å². The lowest BCUT2D eigenvalue weighted by Crippen LogP contribution is -2.31. The topological polar surface area (TPSA) is 133 Å². The normalized spacial score (nSPS) is 12.1. The highest BCUT2D eigenvalue weighted by molar-refractivity contribution is 7.92. The third-order valence-corrected chi connectivity index (χ3v) is 5.70. The number of hydrogen-bond acceptors (Lipinski definition) is 7. The van der Waals surface area contributed by atoms with E-state index in [1.54, 1.807) is 0 Å². The number of nitro benzene ring substituents is 1. The van der Waals surface area contributed by atoms with E-state index < -0.39 is 44.3 Å². The molecule has 11 heteroatoms. The first-order valence-electron chi connectivity index (χ1n) is 7.81. The smallest absolute Gasteiger partial charge is 0.324 e. The van der Waals surface area contributed by atoms with Crippen molar-refractivity contribution in [2.24, 2.45) is 0 Å². The van der Waals surface area contributed by atoms with Gasteiger partial charge in [-0.2, -0.15) is 0 Å². The molecule has 28 heavy (non-hydrogen) atoms. The highest BCUT2D eigenvalue weighted by Gasteiger charge is 2.31. The number of anilines is 1. The SMILES string of the molecule is C[C@H](C(=O)OCC(=O)Nc1ccc(F)cc1)S(=O)(=O)c1ccc([N+](=O)[O-])cc1. The summed E-state index contributed by atoms with van der Waals surface area (Å²) >= 11 is 0. The van der Waals surface area contributed by atoms with Crippen LogP contribution >= 0.6 is 0 Å². The maximum Gasteiger partial charge on any atom is 0.324 e. The van der Waals surface area contributed by atoms with Crippen LogP contribution in [0.25, 0.3) is 0 Å². The largest absolute Gasteiger partial charge is 0.455 e. The maximum atomic E-state index is 12.8. The number of nitrogens with zero attached hydrogens (tertiary/aromatic N) is 1. The van der Waals surface area contributed by atoms with Crippen LogP contribution in [-0.4, -0.2) is 37.1 Å². The molecule has 0 bridgehead atoms. The number of nitro groups is 1. The van der Waals surface area contributed by atoms with Crippen molar-refractivity contribution < 1.29 is 32.1 Å². The lowest BCUT2D eigenvalue weighted by atomic mass is 10.3. The molecule has 2 rings (SSSR count). The number of ether oxygens (including phenoxy) is 1. The molecule has 0 fully saturated rings. The number of amides is 1. The number of hydrogen-bond donors (Lipinski definition) is 1. The molecule has 1 amide bonds. The molecule has 1 N–H and O–H groups in total. The monoisotopic (exact) mass is 410 g/mol. The first-order valence-corrected chi connectivity index (χ1v) is 9.36. The summed E-state index contributed by atoms with van der Waals surface area (Å²) in [6.07, 6.45) is 0. The van der Waals surface area contributed by atoms with E-state index >= 15 is 0 Å². The zero-order chi connectivity index (χ0) is 20.9. The quantitative estimate of drug-likeness (QED) is 0.420. The summed E-state index contributed by atoms with van der Waals surface area (Å²) in [7, 11) is -4.16. The van der Waals surface area contributed by atoms with Crippen molar-refractivity contribution >= 4 is 33.1 Å². The van der Waals surface area contributed by atoms with Gasteiger partial charge >= 0.3 is 5.97 Å². The lowest BCUT2D eigenvalue weighted by Gasteiger charge is -2.13. The predicted octanol–water partition coefficient (Wildman–Crippen LogP) is 2.08. The molecule has 0 unspecified atom stereocenters. The Hall–Kier alpha value is -3.34. The van der Waals surface area contributed by atoms with Gasteiger partial charge in [-0.3, -0.25) is 19.7 Å². The minimum Gasteiger partial charge on any atom is -0.455 e.